The van der Waals surface area contributed by atoms with Crippen LogP contribution in [-0.2, 0) is 23.1 Å². The van der Waals surface area contributed by atoms with Gasteiger partial charge in [0.2, 0.25) is 10.0 Å². The standard InChI is InChI=1S/C16H21ClN4O2S/c1-2-20-13-15(11-18-20)24(22,23)21-9-7-19(8-10-21)12-14-5-3-4-6-16(14)17/h3-6,11,13H,2,7-10,12H2,1H3. The second-order valence-electron chi connectivity index (χ2n) is 5.80. The third-order valence-corrected chi connectivity index (χ3v) is 6.47. The molecule has 24 heavy (non-hydrogen) atoms. The highest BCUT2D eigenvalue weighted by atomic mass is 35.5. The zero-order valence-corrected chi connectivity index (χ0v) is 15.2. The molecule has 1 fully saturated rings. The molecule has 0 unspecified atom stereocenters. The van der Waals surface area contributed by atoms with E-state index in [1.807, 2.05) is 31.2 Å². The number of benzene rings is 1. The predicted octanol–water partition coefficient (Wildman–Crippen LogP) is 2.06. The van der Waals surface area contributed by atoms with Gasteiger partial charge < -0.3 is 0 Å². The summed E-state index contributed by atoms with van der Waals surface area (Å²) in [5.41, 5.74) is 1.07. The van der Waals surface area contributed by atoms with Gasteiger partial charge in [-0.2, -0.15) is 9.40 Å². The van der Waals surface area contributed by atoms with E-state index in [1.165, 1.54) is 10.5 Å². The van der Waals surface area contributed by atoms with Crippen LogP contribution >= 0.6 is 11.6 Å². The number of piperazine rings is 1. The van der Waals surface area contributed by atoms with E-state index in [4.69, 9.17) is 11.6 Å². The number of rotatable bonds is 5. The Morgan fingerprint density at radius 3 is 2.50 bits per heavy atom. The minimum absolute atomic E-state index is 0.268. The molecule has 0 amide bonds. The van der Waals surface area contributed by atoms with Crippen molar-refractivity contribution in [1.29, 1.82) is 0 Å². The van der Waals surface area contributed by atoms with E-state index < -0.39 is 10.0 Å². The summed E-state index contributed by atoms with van der Waals surface area (Å²) >= 11 is 6.20. The van der Waals surface area contributed by atoms with Crippen LogP contribution in [0.5, 0.6) is 0 Å². The zero-order valence-electron chi connectivity index (χ0n) is 13.6. The Morgan fingerprint density at radius 1 is 1.17 bits per heavy atom. The number of halogens is 1. The highest BCUT2D eigenvalue weighted by Crippen LogP contribution is 2.20. The molecule has 0 aliphatic carbocycles. The number of hydrogen-bond donors (Lipinski definition) is 0. The molecule has 0 saturated carbocycles. The van der Waals surface area contributed by atoms with Crippen molar-refractivity contribution in [2.24, 2.45) is 0 Å². The molecule has 2 aromatic rings. The maximum atomic E-state index is 12.7. The van der Waals surface area contributed by atoms with Crippen LogP contribution in [0, 0.1) is 0 Å². The second-order valence-corrected chi connectivity index (χ2v) is 8.15. The minimum Gasteiger partial charge on any atom is -0.296 e. The van der Waals surface area contributed by atoms with Gasteiger partial charge in [0.15, 0.2) is 0 Å². The molecule has 0 N–H and O–H groups in total. The van der Waals surface area contributed by atoms with E-state index in [1.54, 1.807) is 10.9 Å². The lowest BCUT2D eigenvalue weighted by atomic mass is 10.2. The van der Waals surface area contributed by atoms with E-state index in [2.05, 4.69) is 10.00 Å². The molecule has 0 bridgehead atoms. The van der Waals surface area contributed by atoms with Crippen LogP contribution in [0.1, 0.15) is 12.5 Å². The number of aryl methyl sites for hydroxylation is 1. The first-order valence-corrected chi connectivity index (χ1v) is 9.81. The summed E-state index contributed by atoms with van der Waals surface area (Å²) in [6.07, 6.45) is 3.01. The molecule has 0 atom stereocenters. The molecule has 1 saturated heterocycles. The number of nitrogens with zero attached hydrogens (tertiary/aromatic N) is 4. The van der Waals surface area contributed by atoms with E-state index in [0.29, 0.717) is 32.7 Å². The van der Waals surface area contributed by atoms with Crippen LogP contribution in [0.2, 0.25) is 5.02 Å². The van der Waals surface area contributed by atoms with Gasteiger partial charge in [-0.3, -0.25) is 9.58 Å². The molecule has 0 radical (unpaired) electrons. The summed E-state index contributed by atoms with van der Waals surface area (Å²) in [5.74, 6) is 0. The van der Waals surface area contributed by atoms with Crippen LogP contribution in [0.15, 0.2) is 41.6 Å². The van der Waals surface area contributed by atoms with E-state index >= 15 is 0 Å². The van der Waals surface area contributed by atoms with Crippen molar-refractivity contribution < 1.29 is 8.42 Å². The molecular weight excluding hydrogens is 348 g/mol. The average molecular weight is 369 g/mol. The molecule has 6 nitrogen and oxygen atoms in total. The van der Waals surface area contributed by atoms with E-state index in [-0.39, 0.29) is 4.90 Å². The SMILES string of the molecule is CCn1cc(S(=O)(=O)N2CCN(Cc3ccccc3Cl)CC2)cn1. The van der Waals surface area contributed by atoms with Gasteiger partial charge >= 0.3 is 0 Å². The first-order valence-electron chi connectivity index (χ1n) is 7.99. The van der Waals surface area contributed by atoms with Gasteiger partial charge in [-0.25, -0.2) is 8.42 Å². The van der Waals surface area contributed by atoms with Crippen LogP contribution < -0.4 is 0 Å². The Morgan fingerprint density at radius 2 is 1.88 bits per heavy atom. The van der Waals surface area contributed by atoms with Gasteiger partial charge in [0.25, 0.3) is 0 Å². The van der Waals surface area contributed by atoms with Crippen molar-refractivity contribution in [3.05, 3.63) is 47.2 Å². The first-order chi connectivity index (χ1) is 11.5. The lowest BCUT2D eigenvalue weighted by Gasteiger charge is -2.33. The molecule has 3 rings (SSSR count). The third kappa shape index (κ3) is 3.64. The van der Waals surface area contributed by atoms with Crippen LogP contribution in [-0.4, -0.2) is 53.6 Å². The van der Waals surface area contributed by atoms with Crippen molar-refractivity contribution in [2.45, 2.75) is 24.9 Å². The summed E-state index contributed by atoms with van der Waals surface area (Å²) in [6.45, 7) is 5.65. The molecular formula is C16H21ClN4O2S. The number of aromatic nitrogens is 2. The van der Waals surface area contributed by atoms with E-state index in [0.717, 1.165) is 17.1 Å². The van der Waals surface area contributed by atoms with Crippen molar-refractivity contribution >= 4 is 21.6 Å². The number of sulfonamides is 1. The maximum Gasteiger partial charge on any atom is 0.246 e. The van der Waals surface area contributed by atoms with Crippen molar-refractivity contribution in [1.82, 2.24) is 19.0 Å². The Labute approximate surface area is 147 Å². The van der Waals surface area contributed by atoms with Gasteiger partial charge in [0, 0.05) is 50.5 Å². The summed E-state index contributed by atoms with van der Waals surface area (Å²) in [7, 11) is -3.46. The second kappa shape index (κ2) is 7.23. The summed E-state index contributed by atoms with van der Waals surface area (Å²) in [5, 5.41) is 4.81. The molecule has 1 aliphatic heterocycles. The highest BCUT2D eigenvalue weighted by Gasteiger charge is 2.29. The molecule has 0 spiro atoms. The Hall–Kier alpha value is -1.41. The van der Waals surface area contributed by atoms with Gasteiger partial charge in [-0.15, -0.1) is 0 Å². The van der Waals surface area contributed by atoms with Crippen molar-refractivity contribution in [2.75, 3.05) is 26.2 Å². The lowest BCUT2D eigenvalue weighted by Crippen LogP contribution is -2.48. The fourth-order valence-electron chi connectivity index (χ4n) is 2.80. The van der Waals surface area contributed by atoms with Gasteiger partial charge in [0.1, 0.15) is 4.90 Å². The monoisotopic (exact) mass is 368 g/mol. The van der Waals surface area contributed by atoms with E-state index in [9.17, 15) is 8.42 Å². The number of hydrogen-bond acceptors (Lipinski definition) is 4. The van der Waals surface area contributed by atoms with Crippen LogP contribution in [0.25, 0.3) is 0 Å². The normalized spacial score (nSPS) is 17.2. The van der Waals surface area contributed by atoms with Crippen LogP contribution in [0.4, 0.5) is 0 Å². The molecule has 1 aliphatic rings. The lowest BCUT2D eigenvalue weighted by molar-refractivity contribution is 0.181. The Balaban J connectivity index is 1.63. The van der Waals surface area contributed by atoms with Gasteiger partial charge in [-0.1, -0.05) is 29.8 Å². The maximum absolute atomic E-state index is 12.7. The topological polar surface area (TPSA) is 58.4 Å². The predicted molar refractivity (Wildman–Crippen MR) is 93.4 cm³/mol. The Kier molecular flexibility index (Phi) is 5.24. The van der Waals surface area contributed by atoms with Gasteiger partial charge in [0.05, 0.1) is 6.20 Å². The van der Waals surface area contributed by atoms with Gasteiger partial charge in [-0.05, 0) is 18.6 Å². The summed E-state index contributed by atoms with van der Waals surface area (Å²) < 4.78 is 28.5. The fourth-order valence-corrected chi connectivity index (χ4v) is 4.37. The summed E-state index contributed by atoms with van der Waals surface area (Å²) in [6, 6.07) is 7.76. The minimum atomic E-state index is -3.46. The van der Waals surface area contributed by atoms with Crippen molar-refractivity contribution in [3.8, 4) is 0 Å². The summed E-state index contributed by atoms with van der Waals surface area (Å²) in [4.78, 5) is 2.49. The third-order valence-electron chi connectivity index (χ3n) is 4.25. The Bertz CT molecular complexity index is 798. The molecule has 130 valence electrons. The van der Waals surface area contributed by atoms with Crippen molar-refractivity contribution in [3.63, 3.8) is 0 Å². The molecule has 8 heteroatoms. The molecule has 1 aromatic carbocycles. The highest BCUT2D eigenvalue weighted by molar-refractivity contribution is 7.89. The quantitative estimate of drug-likeness (QED) is 0.810. The average Bonchev–Trinajstić information content (AvgIpc) is 3.07. The molecule has 1 aromatic heterocycles. The van der Waals surface area contributed by atoms with Crippen LogP contribution in [0.3, 0.4) is 0 Å². The zero-order chi connectivity index (χ0) is 17.2. The first kappa shape index (κ1) is 17.4. The largest absolute Gasteiger partial charge is 0.296 e. The smallest absolute Gasteiger partial charge is 0.246 e. The fraction of sp³-hybridized carbons (Fsp3) is 0.438. The molecule has 2 heterocycles.